The SMILES string of the molecule is C[C@@H]1C[C@H](C(=O)OCC(=O)c2cnc(N)nc2)n2c1nc(-c1c(-n3cnnn3)ccc(Cl)c1F)cc2=O. The van der Waals surface area contributed by atoms with E-state index in [9.17, 15) is 14.4 Å². The monoisotopic (exact) mass is 525 g/mol. The molecular weight excluding hydrogens is 509 g/mol. The predicted molar refractivity (Wildman–Crippen MR) is 125 cm³/mol. The molecule has 37 heavy (non-hydrogen) atoms. The van der Waals surface area contributed by atoms with Crippen molar-refractivity contribution in [3.63, 3.8) is 0 Å². The molecule has 2 N–H and O–H groups in total. The number of ether oxygens (including phenoxy) is 1. The lowest BCUT2D eigenvalue weighted by Crippen LogP contribution is -2.30. The van der Waals surface area contributed by atoms with Crippen molar-refractivity contribution in [1.82, 2.24) is 39.7 Å². The van der Waals surface area contributed by atoms with E-state index < -0.39 is 35.8 Å². The molecule has 4 aromatic rings. The molecule has 3 aromatic heterocycles. The topological polar surface area (TPSA) is 174 Å². The van der Waals surface area contributed by atoms with Crippen molar-refractivity contribution in [2.75, 3.05) is 12.3 Å². The number of Topliss-reactive ketones (excluding diaryl/α,β-unsaturated/α-hetero) is 1. The van der Waals surface area contributed by atoms with Crippen LogP contribution in [-0.4, -0.2) is 58.1 Å². The van der Waals surface area contributed by atoms with E-state index in [1.807, 2.05) is 0 Å². The maximum atomic E-state index is 15.2. The first-order valence-corrected chi connectivity index (χ1v) is 11.2. The molecule has 5 rings (SSSR count). The number of benzene rings is 1. The van der Waals surface area contributed by atoms with Crippen LogP contribution in [0, 0.1) is 5.82 Å². The van der Waals surface area contributed by atoms with Gasteiger partial charge in [0.2, 0.25) is 11.7 Å². The summed E-state index contributed by atoms with van der Waals surface area (Å²) in [6, 6.07) is 2.92. The summed E-state index contributed by atoms with van der Waals surface area (Å²) >= 11 is 6.01. The summed E-state index contributed by atoms with van der Waals surface area (Å²) in [6.07, 6.45) is 3.90. The third-order valence-electron chi connectivity index (χ3n) is 5.84. The van der Waals surface area contributed by atoms with Crippen LogP contribution in [0.4, 0.5) is 10.3 Å². The highest BCUT2D eigenvalue weighted by atomic mass is 35.5. The van der Waals surface area contributed by atoms with E-state index in [0.29, 0.717) is 0 Å². The molecule has 0 fully saturated rings. The highest BCUT2D eigenvalue weighted by molar-refractivity contribution is 6.31. The Bertz CT molecular complexity index is 1570. The maximum Gasteiger partial charge on any atom is 0.329 e. The number of hydrogen-bond donors (Lipinski definition) is 1. The summed E-state index contributed by atoms with van der Waals surface area (Å²) in [7, 11) is 0. The van der Waals surface area contributed by atoms with Gasteiger partial charge >= 0.3 is 5.97 Å². The van der Waals surface area contributed by atoms with Crippen molar-refractivity contribution < 1.29 is 18.7 Å². The molecule has 1 aliphatic rings. The molecule has 188 valence electrons. The van der Waals surface area contributed by atoms with E-state index >= 15 is 4.39 Å². The number of fused-ring (bicyclic) bond motifs is 1. The predicted octanol–water partition coefficient (Wildman–Crippen LogP) is 1.53. The molecule has 1 aliphatic heterocycles. The molecule has 0 unspecified atom stereocenters. The lowest BCUT2D eigenvalue weighted by Gasteiger charge is -2.15. The van der Waals surface area contributed by atoms with Gasteiger partial charge < -0.3 is 10.5 Å². The van der Waals surface area contributed by atoms with Gasteiger partial charge in [0.05, 0.1) is 27.5 Å². The zero-order chi connectivity index (χ0) is 26.3. The van der Waals surface area contributed by atoms with Gasteiger partial charge in [-0.2, -0.15) is 4.68 Å². The summed E-state index contributed by atoms with van der Waals surface area (Å²) in [5.41, 5.74) is 5.06. The Morgan fingerprint density at radius 3 is 2.73 bits per heavy atom. The average molecular weight is 526 g/mol. The molecule has 0 aliphatic carbocycles. The van der Waals surface area contributed by atoms with Gasteiger partial charge in [0.15, 0.2) is 12.4 Å². The van der Waals surface area contributed by atoms with Crippen molar-refractivity contribution >= 4 is 29.3 Å². The number of carbonyl (C=O) groups excluding carboxylic acids is 2. The van der Waals surface area contributed by atoms with Crippen LogP contribution in [0.2, 0.25) is 5.02 Å². The zero-order valence-electron chi connectivity index (χ0n) is 19.1. The molecule has 13 nitrogen and oxygen atoms in total. The number of rotatable bonds is 6. The fraction of sp³-hybridized carbons (Fsp3) is 0.227. The first-order chi connectivity index (χ1) is 17.7. The van der Waals surface area contributed by atoms with E-state index in [4.69, 9.17) is 22.1 Å². The quantitative estimate of drug-likeness (QED) is 0.285. The Morgan fingerprint density at radius 2 is 2.03 bits per heavy atom. The van der Waals surface area contributed by atoms with Crippen LogP contribution in [-0.2, 0) is 9.53 Å². The number of esters is 1. The van der Waals surface area contributed by atoms with Crippen molar-refractivity contribution in [3.05, 3.63) is 69.5 Å². The second kappa shape index (κ2) is 9.46. The van der Waals surface area contributed by atoms with Crippen LogP contribution in [0.3, 0.4) is 0 Å². The summed E-state index contributed by atoms with van der Waals surface area (Å²) in [4.78, 5) is 50.3. The van der Waals surface area contributed by atoms with E-state index in [0.717, 1.165) is 6.07 Å². The largest absolute Gasteiger partial charge is 0.456 e. The van der Waals surface area contributed by atoms with Crippen molar-refractivity contribution in [3.8, 4) is 16.9 Å². The Kier molecular flexibility index (Phi) is 6.17. The summed E-state index contributed by atoms with van der Waals surface area (Å²) in [6.45, 7) is 1.19. The van der Waals surface area contributed by atoms with E-state index in [1.54, 1.807) is 6.92 Å². The Morgan fingerprint density at radius 1 is 1.27 bits per heavy atom. The summed E-state index contributed by atoms with van der Waals surface area (Å²) in [5, 5.41) is 10.7. The van der Waals surface area contributed by atoms with Gasteiger partial charge in [0.1, 0.15) is 18.2 Å². The van der Waals surface area contributed by atoms with E-state index in [1.165, 1.54) is 40.1 Å². The number of carbonyl (C=O) groups is 2. The zero-order valence-corrected chi connectivity index (χ0v) is 19.8. The smallest absolute Gasteiger partial charge is 0.329 e. The van der Waals surface area contributed by atoms with Gasteiger partial charge in [0, 0.05) is 24.4 Å². The third-order valence-corrected chi connectivity index (χ3v) is 6.14. The van der Waals surface area contributed by atoms with E-state index in [-0.39, 0.29) is 51.6 Å². The number of halogens is 2. The van der Waals surface area contributed by atoms with Gasteiger partial charge in [0.25, 0.3) is 5.56 Å². The minimum atomic E-state index is -1.02. The van der Waals surface area contributed by atoms with Crippen LogP contribution < -0.4 is 11.3 Å². The lowest BCUT2D eigenvalue weighted by molar-refractivity contribution is -0.146. The molecular formula is C22H17ClFN9O4. The fourth-order valence-electron chi connectivity index (χ4n) is 4.09. The van der Waals surface area contributed by atoms with Crippen LogP contribution in [0.1, 0.15) is 41.5 Å². The van der Waals surface area contributed by atoms with E-state index in [2.05, 4.69) is 30.5 Å². The molecule has 0 bridgehead atoms. The van der Waals surface area contributed by atoms with Gasteiger partial charge in [-0.15, -0.1) is 5.10 Å². The Hall–Kier alpha value is -4.59. The molecule has 0 radical (unpaired) electrons. The fourth-order valence-corrected chi connectivity index (χ4v) is 4.25. The lowest BCUT2D eigenvalue weighted by atomic mass is 10.1. The summed E-state index contributed by atoms with van der Waals surface area (Å²) in [5.74, 6) is -2.23. The normalized spacial score (nSPS) is 16.4. The molecule has 0 spiro atoms. The first kappa shape index (κ1) is 24.1. The first-order valence-electron chi connectivity index (χ1n) is 10.9. The third kappa shape index (κ3) is 4.42. The highest BCUT2D eigenvalue weighted by Crippen LogP contribution is 2.37. The minimum absolute atomic E-state index is 0.000860. The number of hydrogen-bond acceptors (Lipinski definition) is 11. The second-order valence-corrected chi connectivity index (χ2v) is 8.64. The number of anilines is 1. The standard InChI is InChI=1S/C22H17ClFN9O4/c1-10-4-15(21(36)37-8-16(34)11-6-26-22(25)27-7-11)33-17(35)5-13(29-20(10)33)18-14(32-9-28-30-31-32)3-2-12(23)19(18)24/h2-3,5-7,9-10,15H,4,8H2,1H3,(H2,25,26,27)/t10-,15-/m1/s1. The number of nitrogens with two attached hydrogens (primary N) is 1. The molecule has 2 atom stereocenters. The molecule has 0 saturated heterocycles. The molecule has 0 saturated carbocycles. The van der Waals surface area contributed by atoms with Gasteiger partial charge in [-0.05, 0) is 29.0 Å². The van der Waals surface area contributed by atoms with Crippen LogP contribution >= 0.6 is 11.6 Å². The van der Waals surface area contributed by atoms with Crippen molar-refractivity contribution in [2.45, 2.75) is 25.3 Å². The van der Waals surface area contributed by atoms with Crippen LogP contribution in [0.15, 0.2) is 41.7 Å². The molecule has 0 amide bonds. The Labute approximate surface area is 212 Å². The van der Waals surface area contributed by atoms with Crippen molar-refractivity contribution in [2.24, 2.45) is 0 Å². The van der Waals surface area contributed by atoms with Crippen molar-refractivity contribution in [1.29, 1.82) is 0 Å². The highest BCUT2D eigenvalue weighted by Gasteiger charge is 2.37. The summed E-state index contributed by atoms with van der Waals surface area (Å²) < 4.78 is 22.8. The Balaban J connectivity index is 1.45. The molecule has 1 aromatic carbocycles. The average Bonchev–Trinajstić information content (AvgIpc) is 3.53. The van der Waals surface area contributed by atoms with Gasteiger partial charge in [-0.1, -0.05) is 18.5 Å². The molecule has 4 heterocycles. The molecule has 15 heteroatoms. The van der Waals surface area contributed by atoms with Gasteiger partial charge in [-0.25, -0.2) is 24.1 Å². The maximum absolute atomic E-state index is 15.2. The van der Waals surface area contributed by atoms with Gasteiger partial charge in [-0.3, -0.25) is 14.2 Å². The number of nitrogen functional groups attached to an aromatic ring is 1. The number of nitrogens with zero attached hydrogens (tertiary/aromatic N) is 8. The number of aromatic nitrogens is 8. The van der Waals surface area contributed by atoms with Crippen LogP contribution in [0.25, 0.3) is 16.9 Å². The van der Waals surface area contributed by atoms with Crippen LogP contribution in [0.5, 0.6) is 0 Å². The number of ketones is 1. The minimum Gasteiger partial charge on any atom is -0.456 e. The second-order valence-electron chi connectivity index (χ2n) is 8.23. The number of tetrazole rings is 1.